The van der Waals surface area contributed by atoms with Crippen LogP contribution in [0.25, 0.3) is 5.65 Å². The summed E-state index contributed by atoms with van der Waals surface area (Å²) < 4.78 is 7.57. The van der Waals surface area contributed by atoms with Gasteiger partial charge in [-0.15, -0.1) is 0 Å². The number of piperazine rings is 1. The number of nitrogens with one attached hydrogen (secondary N) is 1. The van der Waals surface area contributed by atoms with Gasteiger partial charge in [0.05, 0.1) is 24.2 Å². The van der Waals surface area contributed by atoms with Gasteiger partial charge < -0.3 is 20.1 Å². The number of β-amino-alcohol motifs (C(OH)–C–C–N with tert-alkyl or cyclic N) is 1. The number of aromatic nitrogens is 3. The SMILES string of the molecule is CC1Cc2cc(NC(=O)c3cnn4cccnc34)c(N3CCN(CCO)CC3)cc2O1. The quantitative estimate of drug-likeness (QED) is 0.642. The van der Waals surface area contributed by atoms with Crippen molar-refractivity contribution in [2.45, 2.75) is 19.4 Å². The van der Waals surface area contributed by atoms with E-state index in [1.54, 1.807) is 29.2 Å². The highest BCUT2D eigenvalue weighted by Crippen LogP contribution is 2.39. The fourth-order valence-corrected chi connectivity index (χ4v) is 4.34. The fraction of sp³-hybridized carbons (Fsp3) is 0.409. The predicted octanol–water partition coefficient (Wildman–Crippen LogP) is 1.42. The third kappa shape index (κ3) is 3.82. The third-order valence-corrected chi connectivity index (χ3v) is 5.92. The second-order valence-corrected chi connectivity index (χ2v) is 8.06. The number of hydrogen-bond acceptors (Lipinski definition) is 7. The highest BCUT2D eigenvalue weighted by molar-refractivity contribution is 6.09. The molecular weight excluding hydrogens is 396 g/mol. The third-order valence-electron chi connectivity index (χ3n) is 5.92. The van der Waals surface area contributed by atoms with Crippen LogP contribution in [0.1, 0.15) is 22.8 Å². The molecule has 3 aromatic rings. The second-order valence-electron chi connectivity index (χ2n) is 8.06. The van der Waals surface area contributed by atoms with E-state index in [2.05, 4.69) is 32.1 Å². The highest BCUT2D eigenvalue weighted by atomic mass is 16.5. The Morgan fingerprint density at radius 2 is 2.13 bits per heavy atom. The number of anilines is 2. The number of ether oxygens (including phenoxy) is 1. The lowest BCUT2D eigenvalue weighted by Gasteiger charge is -2.36. The number of carbonyl (C=O) groups is 1. The van der Waals surface area contributed by atoms with Crippen LogP contribution in [0.4, 0.5) is 11.4 Å². The first kappa shape index (κ1) is 19.8. The molecular formula is C22H26N6O3. The largest absolute Gasteiger partial charge is 0.490 e. The minimum absolute atomic E-state index is 0.124. The van der Waals surface area contributed by atoms with Crippen LogP contribution in [0.15, 0.2) is 36.8 Å². The lowest BCUT2D eigenvalue weighted by atomic mass is 10.1. The van der Waals surface area contributed by atoms with Gasteiger partial charge in [-0.05, 0) is 19.1 Å². The van der Waals surface area contributed by atoms with Crippen LogP contribution in [0.5, 0.6) is 5.75 Å². The number of rotatable bonds is 5. The van der Waals surface area contributed by atoms with Gasteiger partial charge in [-0.1, -0.05) is 0 Å². The van der Waals surface area contributed by atoms with Crippen LogP contribution in [-0.4, -0.2) is 75.9 Å². The van der Waals surface area contributed by atoms with E-state index >= 15 is 0 Å². The van der Waals surface area contributed by atoms with E-state index in [4.69, 9.17) is 4.74 Å². The lowest BCUT2D eigenvalue weighted by molar-refractivity contribution is 0.102. The van der Waals surface area contributed by atoms with E-state index in [0.29, 0.717) is 17.8 Å². The molecule has 2 N–H and O–H groups in total. The molecule has 0 aliphatic carbocycles. The normalized spacial score (nSPS) is 18.8. The van der Waals surface area contributed by atoms with E-state index in [-0.39, 0.29) is 18.6 Å². The Kier molecular flexibility index (Phi) is 5.21. The molecule has 9 nitrogen and oxygen atoms in total. The summed E-state index contributed by atoms with van der Waals surface area (Å²) >= 11 is 0. The van der Waals surface area contributed by atoms with E-state index < -0.39 is 0 Å². The van der Waals surface area contributed by atoms with Crippen molar-refractivity contribution in [3.05, 3.63) is 47.9 Å². The van der Waals surface area contributed by atoms with Crippen LogP contribution in [0.3, 0.4) is 0 Å². The van der Waals surface area contributed by atoms with Gasteiger partial charge in [0.15, 0.2) is 5.65 Å². The molecule has 0 saturated carbocycles. The molecule has 31 heavy (non-hydrogen) atoms. The highest BCUT2D eigenvalue weighted by Gasteiger charge is 2.26. The van der Waals surface area contributed by atoms with Crippen molar-refractivity contribution >= 4 is 22.9 Å². The van der Waals surface area contributed by atoms with Gasteiger partial charge in [-0.25, -0.2) is 9.50 Å². The van der Waals surface area contributed by atoms with Gasteiger partial charge in [-0.3, -0.25) is 9.69 Å². The molecule has 4 heterocycles. The predicted molar refractivity (Wildman–Crippen MR) is 117 cm³/mol. The Balaban J connectivity index is 1.44. The first-order valence-corrected chi connectivity index (χ1v) is 10.6. The van der Waals surface area contributed by atoms with E-state index in [9.17, 15) is 9.90 Å². The molecule has 1 amide bonds. The molecule has 1 unspecified atom stereocenters. The molecule has 0 radical (unpaired) electrons. The first-order chi connectivity index (χ1) is 15.1. The first-order valence-electron chi connectivity index (χ1n) is 10.6. The van der Waals surface area contributed by atoms with Gasteiger partial charge in [-0.2, -0.15) is 5.10 Å². The molecule has 9 heteroatoms. The topological polar surface area (TPSA) is 95.2 Å². The monoisotopic (exact) mass is 422 g/mol. The Labute approximate surface area is 180 Å². The van der Waals surface area contributed by atoms with E-state index in [0.717, 1.165) is 55.3 Å². The van der Waals surface area contributed by atoms with Crippen LogP contribution in [-0.2, 0) is 6.42 Å². The summed E-state index contributed by atoms with van der Waals surface area (Å²) in [5, 5.41) is 16.5. The second kappa shape index (κ2) is 8.16. The summed E-state index contributed by atoms with van der Waals surface area (Å²) in [5.41, 5.74) is 3.78. The molecule has 0 bridgehead atoms. The summed E-state index contributed by atoms with van der Waals surface area (Å²) in [4.78, 5) is 21.9. The summed E-state index contributed by atoms with van der Waals surface area (Å²) in [6, 6.07) is 5.85. The Hall–Kier alpha value is -3.17. The molecule has 1 fully saturated rings. The number of benzene rings is 1. The maximum absolute atomic E-state index is 13.1. The maximum Gasteiger partial charge on any atom is 0.261 e. The molecule has 2 aliphatic heterocycles. The van der Waals surface area contributed by atoms with E-state index in [1.807, 2.05) is 12.1 Å². The zero-order chi connectivity index (χ0) is 21.4. The van der Waals surface area contributed by atoms with Crippen molar-refractivity contribution in [3.63, 3.8) is 0 Å². The number of aliphatic hydroxyl groups excluding tert-OH is 1. The molecule has 2 aliphatic rings. The average molecular weight is 422 g/mol. The molecule has 0 spiro atoms. The van der Waals surface area contributed by atoms with E-state index in [1.165, 1.54) is 0 Å². The standard InChI is InChI=1S/C22H26N6O3/c1-15-11-16-12-18(25-22(30)17-14-24-28-4-2-3-23-21(17)28)19(13-20(16)31-15)27-7-5-26(6-8-27)9-10-29/h2-4,12-15,29H,5-11H2,1H3,(H,25,30). The van der Waals surface area contributed by atoms with Gasteiger partial charge in [0.1, 0.15) is 17.4 Å². The number of fused-ring (bicyclic) bond motifs is 2. The Morgan fingerprint density at radius 3 is 2.94 bits per heavy atom. The van der Waals surface area contributed by atoms with Gasteiger partial charge in [0.2, 0.25) is 0 Å². The van der Waals surface area contributed by atoms with Crippen molar-refractivity contribution in [1.82, 2.24) is 19.5 Å². The number of hydrogen-bond donors (Lipinski definition) is 2. The smallest absolute Gasteiger partial charge is 0.261 e. The number of nitrogens with zero attached hydrogens (tertiary/aromatic N) is 5. The molecule has 162 valence electrons. The number of aliphatic hydroxyl groups is 1. The summed E-state index contributed by atoms with van der Waals surface area (Å²) in [7, 11) is 0. The molecule has 1 saturated heterocycles. The van der Waals surface area contributed by atoms with Gasteiger partial charge in [0, 0.05) is 63.2 Å². The van der Waals surface area contributed by atoms with Crippen LogP contribution < -0.4 is 15.0 Å². The van der Waals surface area contributed by atoms with Crippen molar-refractivity contribution in [3.8, 4) is 5.75 Å². The molecule has 2 aromatic heterocycles. The maximum atomic E-state index is 13.1. The minimum atomic E-state index is -0.235. The Morgan fingerprint density at radius 1 is 1.29 bits per heavy atom. The van der Waals surface area contributed by atoms with Crippen LogP contribution in [0.2, 0.25) is 0 Å². The average Bonchev–Trinajstić information content (AvgIpc) is 3.36. The van der Waals surface area contributed by atoms with Crippen molar-refractivity contribution in [2.24, 2.45) is 0 Å². The minimum Gasteiger partial charge on any atom is -0.490 e. The summed E-state index contributed by atoms with van der Waals surface area (Å²) in [6.07, 6.45) is 5.91. The van der Waals surface area contributed by atoms with Crippen LogP contribution in [0, 0.1) is 0 Å². The molecule has 1 atom stereocenters. The molecule has 5 rings (SSSR count). The summed E-state index contributed by atoms with van der Waals surface area (Å²) in [5.74, 6) is 0.650. The van der Waals surface area contributed by atoms with Crippen molar-refractivity contribution < 1.29 is 14.6 Å². The number of carbonyl (C=O) groups excluding carboxylic acids is 1. The van der Waals surface area contributed by atoms with Crippen molar-refractivity contribution in [2.75, 3.05) is 49.5 Å². The fourth-order valence-electron chi connectivity index (χ4n) is 4.34. The zero-order valence-corrected chi connectivity index (χ0v) is 17.5. The lowest BCUT2D eigenvalue weighted by Crippen LogP contribution is -2.47. The van der Waals surface area contributed by atoms with Gasteiger partial charge in [0.25, 0.3) is 5.91 Å². The molecule has 1 aromatic carbocycles. The van der Waals surface area contributed by atoms with Gasteiger partial charge >= 0.3 is 0 Å². The number of amides is 1. The van der Waals surface area contributed by atoms with Crippen molar-refractivity contribution in [1.29, 1.82) is 0 Å². The van der Waals surface area contributed by atoms with Crippen LogP contribution >= 0.6 is 0 Å². The summed E-state index contributed by atoms with van der Waals surface area (Å²) in [6.45, 7) is 6.26. The Bertz CT molecular complexity index is 1110. The zero-order valence-electron chi connectivity index (χ0n) is 17.5.